The number of carbonyl (C=O) groups excluding carboxylic acids is 2. The fourth-order valence-corrected chi connectivity index (χ4v) is 3.26. The zero-order valence-electron chi connectivity index (χ0n) is 14.3. The molecule has 1 aromatic rings. The highest BCUT2D eigenvalue weighted by Crippen LogP contribution is 2.43. The Morgan fingerprint density at radius 3 is 2.64 bits per heavy atom. The second-order valence-corrected chi connectivity index (χ2v) is 6.34. The quantitative estimate of drug-likeness (QED) is 0.718. The lowest BCUT2D eigenvalue weighted by molar-refractivity contribution is -0.212. The van der Waals surface area contributed by atoms with Crippen LogP contribution in [0.15, 0.2) is 30.3 Å². The zero-order valence-corrected chi connectivity index (χ0v) is 14.3. The van der Waals surface area contributed by atoms with Crippen molar-refractivity contribution in [3.05, 3.63) is 35.9 Å². The van der Waals surface area contributed by atoms with E-state index in [4.69, 9.17) is 23.7 Å². The van der Waals surface area contributed by atoms with Gasteiger partial charge >= 0.3 is 11.9 Å². The van der Waals surface area contributed by atoms with Gasteiger partial charge in [0.15, 0.2) is 5.60 Å². The van der Waals surface area contributed by atoms with Crippen LogP contribution in [-0.4, -0.2) is 49.8 Å². The van der Waals surface area contributed by atoms with Crippen molar-refractivity contribution in [2.75, 3.05) is 19.8 Å². The molecule has 0 unspecified atom stereocenters. The molecule has 0 saturated carbocycles. The molecule has 0 radical (unpaired) electrons. The van der Waals surface area contributed by atoms with Gasteiger partial charge in [-0.05, 0) is 5.56 Å². The Morgan fingerprint density at radius 1 is 1.20 bits per heavy atom. The molecule has 7 heteroatoms. The van der Waals surface area contributed by atoms with Gasteiger partial charge in [0, 0.05) is 13.8 Å². The highest BCUT2D eigenvalue weighted by molar-refractivity contribution is 5.66. The summed E-state index contributed by atoms with van der Waals surface area (Å²) in [6.45, 7) is 3.56. The van der Waals surface area contributed by atoms with Gasteiger partial charge in [-0.1, -0.05) is 30.3 Å². The summed E-state index contributed by atoms with van der Waals surface area (Å²) in [6, 6.07) is 9.73. The van der Waals surface area contributed by atoms with Crippen molar-refractivity contribution in [2.45, 2.75) is 38.4 Å². The van der Waals surface area contributed by atoms with Gasteiger partial charge in [0.1, 0.15) is 12.7 Å². The van der Waals surface area contributed by atoms with Gasteiger partial charge in [0.05, 0.1) is 25.7 Å². The van der Waals surface area contributed by atoms with Gasteiger partial charge in [-0.15, -0.1) is 0 Å². The number of carbonyl (C=O) groups is 2. The number of benzene rings is 1. The first kappa shape index (κ1) is 17.8. The Bertz CT molecular complexity index is 617. The van der Waals surface area contributed by atoms with Crippen LogP contribution in [0.3, 0.4) is 0 Å². The fourth-order valence-electron chi connectivity index (χ4n) is 3.26. The van der Waals surface area contributed by atoms with E-state index >= 15 is 0 Å². The molecule has 2 heterocycles. The Balaban J connectivity index is 1.77. The smallest absolute Gasteiger partial charge is 0.304 e. The van der Waals surface area contributed by atoms with Crippen LogP contribution in [0.1, 0.15) is 19.4 Å². The predicted octanol–water partition coefficient (Wildman–Crippen LogP) is 1.44. The van der Waals surface area contributed by atoms with Crippen LogP contribution < -0.4 is 0 Å². The van der Waals surface area contributed by atoms with Gasteiger partial charge < -0.3 is 23.7 Å². The SMILES string of the molecule is CC(=O)OC[C@@]12COC[C@@H]([C@H](OC(C)=O)O1)[C@@H]2OCc1ccccc1. The topological polar surface area (TPSA) is 80.3 Å². The summed E-state index contributed by atoms with van der Waals surface area (Å²) in [5.41, 5.74) is 0.0313. The standard InChI is InChI=1S/C18H22O7/c1-12(19)23-11-18-10-21-9-15(17(25-18)24-13(2)20)16(18)22-8-14-6-4-3-5-7-14/h3-7,15-17H,8-11H2,1-2H3/t15-,16+,17-,18-/m1/s1. The highest BCUT2D eigenvalue weighted by Gasteiger charge is 2.61. The molecule has 2 fully saturated rings. The molecule has 0 aromatic heterocycles. The summed E-state index contributed by atoms with van der Waals surface area (Å²) in [4.78, 5) is 22.6. The summed E-state index contributed by atoms with van der Waals surface area (Å²) < 4.78 is 28.1. The molecule has 2 saturated heterocycles. The van der Waals surface area contributed by atoms with Crippen LogP contribution in [0.5, 0.6) is 0 Å². The third-order valence-corrected chi connectivity index (χ3v) is 4.34. The molecule has 25 heavy (non-hydrogen) atoms. The number of ether oxygens (including phenoxy) is 5. The summed E-state index contributed by atoms with van der Waals surface area (Å²) >= 11 is 0. The van der Waals surface area contributed by atoms with Crippen molar-refractivity contribution >= 4 is 11.9 Å². The minimum absolute atomic E-state index is 0.0178. The molecule has 1 aromatic carbocycles. The fraction of sp³-hybridized carbons (Fsp3) is 0.556. The Labute approximate surface area is 146 Å². The number of hydrogen-bond donors (Lipinski definition) is 0. The molecule has 0 N–H and O–H groups in total. The maximum absolute atomic E-state index is 11.4. The van der Waals surface area contributed by atoms with Crippen LogP contribution in [0.2, 0.25) is 0 Å². The largest absolute Gasteiger partial charge is 0.463 e. The van der Waals surface area contributed by atoms with E-state index in [1.165, 1.54) is 13.8 Å². The molecule has 0 spiro atoms. The Kier molecular flexibility index (Phi) is 5.36. The van der Waals surface area contributed by atoms with Crippen LogP contribution >= 0.6 is 0 Å². The van der Waals surface area contributed by atoms with Gasteiger partial charge in [-0.3, -0.25) is 9.59 Å². The molecule has 2 aliphatic heterocycles. The normalized spacial score (nSPS) is 30.7. The van der Waals surface area contributed by atoms with E-state index in [0.29, 0.717) is 13.2 Å². The number of fused-ring (bicyclic) bond motifs is 2. The van der Waals surface area contributed by atoms with E-state index in [0.717, 1.165) is 5.56 Å². The van der Waals surface area contributed by atoms with Crippen LogP contribution in [0, 0.1) is 5.92 Å². The van der Waals surface area contributed by atoms with Crippen LogP contribution in [0.4, 0.5) is 0 Å². The second-order valence-electron chi connectivity index (χ2n) is 6.34. The van der Waals surface area contributed by atoms with E-state index in [1.807, 2.05) is 30.3 Å². The molecular formula is C18H22O7. The average Bonchev–Trinajstić information content (AvgIpc) is 2.73. The molecule has 136 valence electrons. The lowest BCUT2D eigenvalue weighted by atomic mass is 9.89. The third kappa shape index (κ3) is 4.00. The molecule has 0 amide bonds. The summed E-state index contributed by atoms with van der Waals surface area (Å²) in [6.07, 6.45) is -1.19. The van der Waals surface area contributed by atoms with E-state index in [-0.39, 0.29) is 19.1 Å². The van der Waals surface area contributed by atoms with E-state index in [9.17, 15) is 9.59 Å². The first-order valence-corrected chi connectivity index (χ1v) is 8.22. The maximum atomic E-state index is 11.4. The Morgan fingerprint density at radius 2 is 1.96 bits per heavy atom. The van der Waals surface area contributed by atoms with Crippen LogP contribution in [0.25, 0.3) is 0 Å². The molecule has 3 rings (SSSR count). The van der Waals surface area contributed by atoms with Gasteiger partial charge in [-0.2, -0.15) is 0 Å². The molecule has 7 nitrogen and oxygen atoms in total. The molecule has 2 aliphatic rings. The van der Waals surface area contributed by atoms with Crippen molar-refractivity contribution in [3.8, 4) is 0 Å². The number of hydrogen-bond acceptors (Lipinski definition) is 7. The summed E-state index contributed by atoms with van der Waals surface area (Å²) in [5, 5.41) is 0. The minimum atomic E-state index is -0.983. The maximum Gasteiger partial charge on any atom is 0.304 e. The average molecular weight is 350 g/mol. The van der Waals surface area contributed by atoms with Crippen LogP contribution in [-0.2, 0) is 39.9 Å². The Hall–Kier alpha value is -1.96. The molecule has 4 atom stereocenters. The summed E-state index contributed by atoms with van der Waals surface area (Å²) in [7, 11) is 0. The summed E-state index contributed by atoms with van der Waals surface area (Å²) in [5.74, 6) is -1.14. The minimum Gasteiger partial charge on any atom is -0.463 e. The lowest BCUT2D eigenvalue weighted by Crippen LogP contribution is -2.54. The van der Waals surface area contributed by atoms with E-state index < -0.39 is 29.9 Å². The van der Waals surface area contributed by atoms with Crippen molar-refractivity contribution in [1.82, 2.24) is 0 Å². The first-order chi connectivity index (χ1) is 12.0. The van der Waals surface area contributed by atoms with Gasteiger partial charge in [0.25, 0.3) is 0 Å². The molecule has 0 aliphatic carbocycles. The van der Waals surface area contributed by atoms with Crippen molar-refractivity contribution in [3.63, 3.8) is 0 Å². The lowest BCUT2D eigenvalue weighted by Gasteiger charge is -2.37. The number of rotatable bonds is 6. The monoisotopic (exact) mass is 350 g/mol. The molecule has 2 bridgehead atoms. The zero-order chi connectivity index (χ0) is 17.9. The predicted molar refractivity (Wildman–Crippen MR) is 85.3 cm³/mol. The first-order valence-electron chi connectivity index (χ1n) is 8.22. The third-order valence-electron chi connectivity index (χ3n) is 4.34. The van der Waals surface area contributed by atoms with Crippen molar-refractivity contribution < 1.29 is 33.3 Å². The number of esters is 2. The van der Waals surface area contributed by atoms with E-state index in [1.54, 1.807) is 0 Å². The van der Waals surface area contributed by atoms with Gasteiger partial charge in [-0.25, -0.2) is 0 Å². The van der Waals surface area contributed by atoms with E-state index in [2.05, 4.69) is 0 Å². The second kappa shape index (κ2) is 7.51. The van der Waals surface area contributed by atoms with Crippen molar-refractivity contribution in [2.24, 2.45) is 5.92 Å². The van der Waals surface area contributed by atoms with Gasteiger partial charge in [0.2, 0.25) is 6.29 Å². The highest BCUT2D eigenvalue weighted by atomic mass is 16.7. The molecular weight excluding hydrogens is 328 g/mol. The van der Waals surface area contributed by atoms with Crippen molar-refractivity contribution in [1.29, 1.82) is 0 Å².